The van der Waals surface area contributed by atoms with Gasteiger partial charge in [-0.05, 0) is 30.5 Å². The van der Waals surface area contributed by atoms with Gasteiger partial charge in [-0.25, -0.2) is 4.98 Å². The Morgan fingerprint density at radius 2 is 1.90 bits per heavy atom. The summed E-state index contributed by atoms with van der Waals surface area (Å²) in [5.41, 5.74) is 1.19. The summed E-state index contributed by atoms with van der Waals surface area (Å²) >= 11 is 6.01. The Hall–Kier alpha value is -1.81. The van der Waals surface area contributed by atoms with E-state index < -0.39 is 0 Å². The third-order valence-electron chi connectivity index (χ3n) is 3.04. The quantitative estimate of drug-likeness (QED) is 0.740. The molecule has 0 amide bonds. The molecule has 21 heavy (non-hydrogen) atoms. The fraction of sp³-hybridized carbons (Fsp3) is 0.375. The van der Waals surface area contributed by atoms with E-state index in [9.17, 15) is 0 Å². The minimum atomic E-state index is 0.382. The van der Waals surface area contributed by atoms with Gasteiger partial charge in [0, 0.05) is 12.5 Å². The van der Waals surface area contributed by atoms with Crippen LogP contribution in [0.3, 0.4) is 0 Å². The van der Waals surface area contributed by atoms with Crippen LogP contribution in [0, 0.1) is 0 Å². The molecule has 0 bridgehead atoms. The first-order chi connectivity index (χ1) is 10.2. The minimum Gasteiger partial charge on any atom is -0.493 e. The van der Waals surface area contributed by atoms with E-state index in [0.717, 1.165) is 19.3 Å². The molecular formula is C16H19ClN2O2. The van der Waals surface area contributed by atoms with Crippen LogP contribution in [0.25, 0.3) is 0 Å². The summed E-state index contributed by atoms with van der Waals surface area (Å²) < 4.78 is 11.2. The summed E-state index contributed by atoms with van der Waals surface area (Å²) in [6, 6.07) is 7.46. The summed E-state index contributed by atoms with van der Waals surface area (Å²) in [4.78, 5) is 8.54. The molecule has 0 spiro atoms. The van der Waals surface area contributed by atoms with Gasteiger partial charge in [-0.3, -0.25) is 0 Å². The first-order valence-electron chi connectivity index (χ1n) is 7.04. The SMILES string of the molecule is CCCc1nc(Cl)cc(Oc2ccc(CC)cc2OC)n1. The Balaban J connectivity index is 2.29. The number of hydrogen-bond acceptors (Lipinski definition) is 4. The van der Waals surface area contributed by atoms with Gasteiger partial charge in [-0.1, -0.05) is 31.5 Å². The van der Waals surface area contributed by atoms with E-state index in [0.29, 0.717) is 28.4 Å². The van der Waals surface area contributed by atoms with E-state index >= 15 is 0 Å². The number of nitrogens with zero attached hydrogens (tertiary/aromatic N) is 2. The first kappa shape index (κ1) is 15.6. The highest BCUT2D eigenvalue weighted by atomic mass is 35.5. The molecule has 0 N–H and O–H groups in total. The number of aromatic nitrogens is 2. The topological polar surface area (TPSA) is 44.2 Å². The van der Waals surface area contributed by atoms with E-state index in [1.54, 1.807) is 13.2 Å². The summed E-state index contributed by atoms with van der Waals surface area (Å²) in [6.45, 7) is 4.16. The molecule has 0 fully saturated rings. The molecule has 5 heteroatoms. The molecule has 1 aromatic heterocycles. The van der Waals surface area contributed by atoms with Crippen LogP contribution >= 0.6 is 11.6 Å². The van der Waals surface area contributed by atoms with Crippen LogP contribution in [0.15, 0.2) is 24.3 Å². The Kier molecular flexibility index (Phi) is 5.39. The van der Waals surface area contributed by atoms with Gasteiger partial charge in [0.2, 0.25) is 5.88 Å². The molecular weight excluding hydrogens is 288 g/mol. The van der Waals surface area contributed by atoms with Crippen LogP contribution in [0.5, 0.6) is 17.4 Å². The maximum Gasteiger partial charge on any atom is 0.224 e. The lowest BCUT2D eigenvalue weighted by molar-refractivity contribution is 0.373. The van der Waals surface area contributed by atoms with Crippen molar-refractivity contribution >= 4 is 11.6 Å². The zero-order chi connectivity index (χ0) is 15.2. The third-order valence-corrected chi connectivity index (χ3v) is 3.24. The largest absolute Gasteiger partial charge is 0.493 e. The van der Waals surface area contributed by atoms with Crippen molar-refractivity contribution in [1.82, 2.24) is 9.97 Å². The van der Waals surface area contributed by atoms with Gasteiger partial charge in [-0.2, -0.15) is 4.98 Å². The Morgan fingerprint density at radius 1 is 1.10 bits per heavy atom. The van der Waals surface area contributed by atoms with Crippen molar-refractivity contribution in [3.8, 4) is 17.4 Å². The maximum atomic E-state index is 6.01. The van der Waals surface area contributed by atoms with Crippen LogP contribution in [-0.4, -0.2) is 17.1 Å². The maximum absolute atomic E-state index is 6.01. The molecule has 1 heterocycles. The van der Waals surface area contributed by atoms with Crippen molar-refractivity contribution in [2.45, 2.75) is 33.1 Å². The number of hydrogen-bond donors (Lipinski definition) is 0. The van der Waals surface area contributed by atoms with E-state index in [1.165, 1.54) is 5.56 Å². The molecule has 0 saturated heterocycles. The lowest BCUT2D eigenvalue weighted by Gasteiger charge is -2.11. The van der Waals surface area contributed by atoms with E-state index in [2.05, 4.69) is 23.8 Å². The number of methoxy groups -OCH3 is 1. The Labute approximate surface area is 130 Å². The minimum absolute atomic E-state index is 0.382. The first-order valence-corrected chi connectivity index (χ1v) is 7.42. The Morgan fingerprint density at radius 3 is 2.57 bits per heavy atom. The molecule has 0 aliphatic carbocycles. The van der Waals surface area contributed by atoms with E-state index in [-0.39, 0.29) is 0 Å². The van der Waals surface area contributed by atoms with Gasteiger partial charge in [0.15, 0.2) is 11.5 Å². The van der Waals surface area contributed by atoms with E-state index in [1.807, 2.05) is 18.2 Å². The highest BCUT2D eigenvalue weighted by Gasteiger charge is 2.10. The van der Waals surface area contributed by atoms with Crippen molar-refractivity contribution in [2.75, 3.05) is 7.11 Å². The number of ether oxygens (including phenoxy) is 2. The molecule has 0 unspecified atom stereocenters. The number of aryl methyl sites for hydroxylation is 2. The fourth-order valence-electron chi connectivity index (χ4n) is 1.96. The number of benzene rings is 1. The molecule has 0 saturated carbocycles. The summed E-state index contributed by atoms with van der Waals surface area (Å²) in [5.74, 6) is 2.41. The highest BCUT2D eigenvalue weighted by Crippen LogP contribution is 2.32. The van der Waals surface area contributed by atoms with Crippen LogP contribution in [0.2, 0.25) is 5.15 Å². The third kappa shape index (κ3) is 4.08. The average molecular weight is 307 g/mol. The number of rotatable bonds is 6. The lowest BCUT2D eigenvalue weighted by Crippen LogP contribution is -1.99. The smallest absolute Gasteiger partial charge is 0.224 e. The van der Waals surface area contributed by atoms with Gasteiger partial charge < -0.3 is 9.47 Å². The van der Waals surface area contributed by atoms with Gasteiger partial charge in [0.05, 0.1) is 7.11 Å². The molecule has 1 aromatic carbocycles. The van der Waals surface area contributed by atoms with Crippen molar-refractivity contribution in [3.63, 3.8) is 0 Å². The second-order valence-electron chi connectivity index (χ2n) is 4.64. The summed E-state index contributed by atoms with van der Waals surface area (Å²) in [5, 5.41) is 0.382. The summed E-state index contributed by atoms with van der Waals surface area (Å²) in [6.07, 6.45) is 2.66. The van der Waals surface area contributed by atoms with Crippen LogP contribution in [-0.2, 0) is 12.8 Å². The van der Waals surface area contributed by atoms with Gasteiger partial charge in [0.25, 0.3) is 0 Å². The molecule has 4 nitrogen and oxygen atoms in total. The van der Waals surface area contributed by atoms with Crippen molar-refractivity contribution in [3.05, 3.63) is 40.8 Å². The lowest BCUT2D eigenvalue weighted by atomic mass is 10.1. The monoisotopic (exact) mass is 306 g/mol. The zero-order valence-corrected chi connectivity index (χ0v) is 13.3. The molecule has 112 valence electrons. The molecule has 2 rings (SSSR count). The fourth-order valence-corrected chi connectivity index (χ4v) is 2.15. The average Bonchev–Trinajstić information content (AvgIpc) is 2.47. The molecule has 0 radical (unpaired) electrons. The van der Waals surface area contributed by atoms with Crippen molar-refractivity contribution in [1.29, 1.82) is 0 Å². The molecule has 0 atom stereocenters. The van der Waals surface area contributed by atoms with Crippen LogP contribution in [0.1, 0.15) is 31.7 Å². The van der Waals surface area contributed by atoms with Crippen LogP contribution in [0.4, 0.5) is 0 Å². The standard InChI is InChI=1S/C16H19ClN2O2/c1-4-6-15-18-14(17)10-16(19-15)21-12-8-7-11(5-2)9-13(12)20-3/h7-10H,4-6H2,1-3H3. The van der Waals surface area contributed by atoms with Gasteiger partial charge in [0.1, 0.15) is 11.0 Å². The Bertz CT molecular complexity index is 617. The second-order valence-corrected chi connectivity index (χ2v) is 5.02. The van der Waals surface area contributed by atoms with E-state index in [4.69, 9.17) is 21.1 Å². The highest BCUT2D eigenvalue weighted by molar-refractivity contribution is 6.29. The molecule has 0 aliphatic rings. The normalized spacial score (nSPS) is 10.5. The van der Waals surface area contributed by atoms with Crippen LogP contribution < -0.4 is 9.47 Å². The molecule has 0 aliphatic heterocycles. The zero-order valence-electron chi connectivity index (χ0n) is 12.5. The van der Waals surface area contributed by atoms with Gasteiger partial charge in [-0.15, -0.1) is 0 Å². The second kappa shape index (κ2) is 7.27. The predicted octanol–water partition coefficient (Wildman–Crippen LogP) is 4.45. The summed E-state index contributed by atoms with van der Waals surface area (Å²) in [7, 11) is 1.62. The number of halogens is 1. The van der Waals surface area contributed by atoms with Crippen molar-refractivity contribution in [2.24, 2.45) is 0 Å². The predicted molar refractivity (Wildman–Crippen MR) is 83.5 cm³/mol. The van der Waals surface area contributed by atoms with Gasteiger partial charge >= 0.3 is 0 Å². The molecule has 2 aromatic rings. The van der Waals surface area contributed by atoms with Crippen molar-refractivity contribution < 1.29 is 9.47 Å².